The van der Waals surface area contributed by atoms with Crippen LogP contribution in [-0.4, -0.2) is 45.8 Å². The molecule has 1 aromatic heterocycles. The molecular formula is C18H19FN4O2. The molecule has 0 unspecified atom stereocenters. The fourth-order valence-electron chi connectivity index (χ4n) is 3.00. The van der Waals surface area contributed by atoms with Gasteiger partial charge in [0.15, 0.2) is 0 Å². The fourth-order valence-corrected chi connectivity index (χ4v) is 3.00. The average Bonchev–Trinajstić information content (AvgIpc) is 3.05. The molecule has 3 rings (SSSR count). The van der Waals surface area contributed by atoms with E-state index in [9.17, 15) is 14.0 Å². The Morgan fingerprint density at radius 1 is 1.36 bits per heavy atom. The number of hydrogen-bond donors (Lipinski definition) is 1. The lowest BCUT2D eigenvalue weighted by Crippen LogP contribution is -2.46. The van der Waals surface area contributed by atoms with Crippen LogP contribution in [0, 0.1) is 5.82 Å². The number of carbonyl (C=O) groups excluding carboxylic acids is 2. The van der Waals surface area contributed by atoms with Gasteiger partial charge in [-0.25, -0.2) is 9.37 Å². The molecule has 1 fully saturated rings. The standard InChI is InChI=1S/C18H19FN4O2/c19-14-4-1-3-13(9-14)10-15(23-8-2-5-17(23)24)11-22-18(25)16-12-20-6-7-21-16/h1,3-4,6-7,9,12,15H,2,5,8,10-11H2,(H,22,25)/t15-/m1/s1. The van der Waals surface area contributed by atoms with Crippen LogP contribution in [0.5, 0.6) is 0 Å². The Hall–Kier alpha value is -2.83. The molecule has 1 aliphatic rings. The first-order valence-corrected chi connectivity index (χ1v) is 8.21. The van der Waals surface area contributed by atoms with E-state index in [1.165, 1.54) is 30.7 Å². The summed E-state index contributed by atoms with van der Waals surface area (Å²) in [5.74, 6) is -0.591. The number of rotatable bonds is 6. The highest BCUT2D eigenvalue weighted by atomic mass is 19.1. The predicted octanol–water partition coefficient (Wildman–Crippen LogP) is 1.58. The Balaban J connectivity index is 1.70. The average molecular weight is 342 g/mol. The highest BCUT2D eigenvalue weighted by molar-refractivity contribution is 5.91. The zero-order valence-electron chi connectivity index (χ0n) is 13.7. The molecular weight excluding hydrogens is 323 g/mol. The molecule has 2 aromatic rings. The molecule has 1 aliphatic heterocycles. The van der Waals surface area contributed by atoms with Gasteiger partial charge in [-0.2, -0.15) is 0 Å². The quantitative estimate of drug-likeness (QED) is 0.865. The van der Waals surface area contributed by atoms with Crippen molar-refractivity contribution in [3.63, 3.8) is 0 Å². The van der Waals surface area contributed by atoms with Crippen LogP contribution in [0.1, 0.15) is 28.9 Å². The monoisotopic (exact) mass is 342 g/mol. The van der Waals surface area contributed by atoms with Crippen LogP contribution in [0.4, 0.5) is 4.39 Å². The van der Waals surface area contributed by atoms with Crippen molar-refractivity contribution in [1.29, 1.82) is 0 Å². The van der Waals surface area contributed by atoms with Crippen LogP contribution in [0.2, 0.25) is 0 Å². The maximum atomic E-state index is 13.4. The lowest BCUT2D eigenvalue weighted by molar-refractivity contribution is -0.129. The highest BCUT2D eigenvalue weighted by Gasteiger charge is 2.28. The number of nitrogens with zero attached hydrogens (tertiary/aromatic N) is 3. The van der Waals surface area contributed by atoms with Crippen molar-refractivity contribution < 1.29 is 14.0 Å². The number of amides is 2. The van der Waals surface area contributed by atoms with E-state index in [1.54, 1.807) is 11.0 Å². The van der Waals surface area contributed by atoms with E-state index in [1.807, 2.05) is 6.07 Å². The summed E-state index contributed by atoms with van der Waals surface area (Å²) in [7, 11) is 0. The van der Waals surface area contributed by atoms with Gasteiger partial charge in [0.2, 0.25) is 5.91 Å². The van der Waals surface area contributed by atoms with Gasteiger partial charge in [-0.15, -0.1) is 0 Å². The third-order valence-electron chi connectivity index (χ3n) is 4.21. The third-order valence-corrected chi connectivity index (χ3v) is 4.21. The molecule has 0 saturated carbocycles. The summed E-state index contributed by atoms with van der Waals surface area (Å²) >= 11 is 0. The molecule has 1 saturated heterocycles. The van der Waals surface area contributed by atoms with Gasteiger partial charge in [-0.05, 0) is 30.5 Å². The molecule has 1 N–H and O–H groups in total. The zero-order valence-corrected chi connectivity index (χ0v) is 13.7. The smallest absolute Gasteiger partial charge is 0.271 e. The molecule has 7 heteroatoms. The van der Waals surface area contributed by atoms with Gasteiger partial charge in [0.1, 0.15) is 11.5 Å². The van der Waals surface area contributed by atoms with Crippen molar-refractivity contribution in [1.82, 2.24) is 20.2 Å². The highest BCUT2D eigenvalue weighted by Crippen LogP contribution is 2.17. The van der Waals surface area contributed by atoms with Gasteiger partial charge >= 0.3 is 0 Å². The van der Waals surface area contributed by atoms with Gasteiger partial charge in [0, 0.05) is 31.9 Å². The second kappa shape index (κ2) is 7.83. The maximum absolute atomic E-state index is 13.4. The first-order chi connectivity index (χ1) is 12.1. The molecule has 25 heavy (non-hydrogen) atoms. The SMILES string of the molecule is O=C(NC[C@@H](Cc1cccc(F)c1)N1CCCC1=O)c1cnccn1. The summed E-state index contributed by atoms with van der Waals surface area (Å²) < 4.78 is 13.4. The number of nitrogens with one attached hydrogen (secondary N) is 1. The second-order valence-electron chi connectivity index (χ2n) is 5.98. The number of benzene rings is 1. The zero-order chi connectivity index (χ0) is 17.6. The molecule has 1 aromatic carbocycles. The molecule has 6 nitrogen and oxygen atoms in total. The summed E-state index contributed by atoms with van der Waals surface area (Å²) in [4.78, 5) is 33.9. The number of halogens is 1. The van der Waals surface area contributed by atoms with Crippen LogP contribution < -0.4 is 5.32 Å². The van der Waals surface area contributed by atoms with E-state index in [0.29, 0.717) is 19.4 Å². The molecule has 0 spiro atoms. The minimum absolute atomic E-state index is 0.0650. The van der Waals surface area contributed by atoms with Crippen LogP contribution >= 0.6 is 0 Å². The van der Waals surface area contributed by atoms with Crippen LogP contribution in [0.3, 0.4) is 0 Å². The number of likely N-dealkylation sites (tertiary alicyclic amines) is 1. The second-order valence-corrected chi connectivity index (χ2v) is 5.98. The predicted molar refractivity (Wildman–Crippen MR) is 89.2 cm³/mol. The van der Waals surface area contributed by atoms with Crippen molar-refractivity contribution in [2.24, 2.45) is 0 Å². The third kappa shape index (κ3) is 4.37. The summed E-state index contributed by atoms with van der Waals surface area (Å²) in [6.07, 6.45) is 6.12. The van der Waals surface area contributed by atoms with Gasteiger partial charge in [-0.3, -0.25) is 14.6 Å². The van der Waals surface area contributed by atoms with Crippen LogP contribution in [-0.2, 0) is 11.2 Å². The molecule has 1 atom stereocenters. The van der Waals surface area contributed by atoms with Crippen molar-refractivity contribution >= 4 is 11.8 Å². The van der Waals surface area contributed by atoms with Crippen molar-refractivity contribution in [3.8, 4) is 0 Å². The Labute approximate surface area is 145 Å². The van der Waals surface area contributed by atoms with Gasteiger partial charge in [-0.1, -0.05) is 12.1 Å². The van der Waals surface area contributed by atoms with Crippen molar-refractivity contribution in [2.45, 2.75) is 25.3 Å². The maximum Gasteiger partial charge on any atom is 0.271 e. The van der Waals surface area contributed by atoms with E-state index in [-0.39, 0.29) is 35.9 Å². The van der Waals surface area contributed by atoms with E-state index < -0.39 is 0 Å². The topological polar surface area (TPSA) is 75.2 Å². The number of aromatic nitrogens is 2. The lowest BCUT2D eigenvalue weighted by atomic mass is 10.0. The number of carbonyl (C=O) groups is 2. The first-order valence-electron chi connectivity index (χ1n) is 8.21. The summed E-state index contributed by atoms with van der Waals surface area (Å²) in [6.45, 7) is 0.928. The Morgan fingerprint density at radius 2 is 2.24 bits per heavy atom. The first kappa shape index (κ1) is 17.0. The van der Waals surface area contributed by atoms with Crippen LogP contribution in [0.25, 0.3) is 0 Å². The molecule has 130 valence electrons. The lowest BCUT2D eigenvalue weighted by Gasteiger charge is -2.28. The summed E-state index contributed by atoms with van der Waals surface area (Å²) in [5, 5.41) is 2.80. The van der Waals surface area contributed by atoms with Crippen molar-refractivity contribution in [2.75, 3.05) is 13.1 Å². The molecule has 2 heterocycles. The number of hydrogen-bond acceptors (Lipinski definition) is 4. The normalized spacial score (nSPS) is 15.2. The van der Waals surface area contributed by atoms with Gasteiger partial charge < -0.3 is 10.2 Å². The summed E-state index contributed by atoms with van der Waals surface area (Å²) in [5.41, 5.74) is 1.01. The molecule has 2 amide bonds. The summed E-state index contributed by atoms with van der Waals surface area (Å²) in [6, 6.07) is 6.08. The van der Waals surface area contributed by atoms with E-state index in [2.05, 4.69) is 15.3 Å². The Bertz CT molecular complexity index is 754. The minimum Gasteiger partial charge on any atom is -0.349 e. The van der Waals surface area contributed by atoms with Gasteiger partial charge in [0.05, 0.1) is 12.2 Å². The van der Waals surface area contributed by atoms with Crippen LogP contribution in [0.15, 0.2) is 42.9 Å². The van der Waals surface area contributed by atoms with Crippen molar-refractivity contribution in [3.05, 3.63) is 59.9 Å². The fraction of sp³-hybridized carbons (Fsp3) is 0.333. The van der Waals surface area contributed by atoms with E-state index in [0.717, 1.165) is 12.0 Å². The van der Waals surface area contributed by atoms with Gasteiger partial charge in [0.25, 0.3) is 5.91 Å². The molecule has 0 bridgehead atoms. The largest absolute Gasteiger partial charge is 0.349 e. The van der Waals surface area contributed by atoms with E-state index in [4.69, 9.17) is 0 Å². The minimum atomic E-state index is -0.344. The van der Waals surface area contributed by atoms with E-state index >= 15 is 0 Å². The molecule has 0 radical (unpaired) electrons. The Morgan fingerprint density at radius 3 is 2.92 bits per heavy atom. The Kier molecular flexibility index (Phi) is 5.33. The molecule has 0 aliphatic carbocycles.